The molecule has 0 heterocycles. The van der Waals surface area contributed by atoms with Gasteiger partial charge in [-0.2, -0.15) is 0 Å². The van der Waals surface area contributed by atoms with Crippen molar-refractivity contribution in [3.05, 3.63) is 11.1 Å². The van der Waals surface area contributed by atoms with Crippen molar-refractivity contribution in [1.29, 1.82) is 0 Å². The second kappa shape index (κ2) is 6.01. The molecule has 19 heavy (non-hydrogen) atoms. The van der Waals surface area contributed by atoms with Crippen LogP contribution in [-0.4, -0.2) is 16.1 Å². The zero-order chi connectivity index (χ0) is 14.1. The Morgan fingerprint density at radius 2 is 2.26 bits per heavy atom. The van der Waals surface area contributed by atoms with E-state index in [1.165, 1.54) is 31.1 Å². The van der Waals surface area contributed by atoms with Crippen LogP contribution in [0.15, 0.2) is 16.3 Å². The van der Waals surface area contributed by atoms with Gasteiger partial charge in [0.25, 0.3) is 0 Å². The van der Waals surface area contributed by atoms with Crippen LogP contribution in [0.2, 0.25) is 0 Å². The van der Waals surface area contributed by atoms with E-state index in [0.29, 0.717) is 0 Å². The molecule has 2 aliphatic carbocycles. The number of rotatable bonds is 4. The molecule has 2 bridgehead atoms. The Bertz CT molecular complexity index is 402. The molecule has 108 valence electrons. The predicted molar refractivity (Wildman–Crippen MR) is 82.3 cm³/mol. The summed E-state index contributed by atoms with van der Waals surface area (Å²) in [7, 11) is 0. The fraction of sp³-hybridized carbons (Fsp3) is 0.769. The molecular formula is C13H17Cl4NO. The molecule has 2 rings (SSSR count). The molecule has 0 N–H and O–H groups in total. The maximum atomic E-state index is 5.81. The second-order valence-electron chi connectivity index (χ2n) is 5.33. The van der Waals surface area contributed by atoms with E-state index in [-0.39, 0.29) is 17.1 Å². The summed E-state index contributed by atoms with van der Waals surface area (Å²) in [6.45, 7) is 2.45. The molecule has 2 fully saturated rings. The molecule has 0 aromatic rings. The number of fused-ring (bicyclic) bond motifs is 2. The van der Waals surface area contributed by atoms with E-state index >= 15 is 0 Å². The van der Waals surface area contributed by atoms with Crippen molar-refractivity contribution in [3.8, 4) is 0 Å². The lowest BCUT2D eigenvalue weighted by Gasteiger charge is -2.25. The summed E-state index contributed by atoms with van der Waals surface area (Å²) in [5, 5.41) is 4.42. The van der Waals surface area contributed by atoms with Gasteiger partial charge in [-0.05, 0) is 44.1 Å². The minimum absolute atomic E-state index is 0.135. The lowest BCUT2D eigenvalue weighted by atomic mass is 9.80. The third-order valence-corrected chi connectivity index (χ3v) is 5.60. The minimum Gasteiger partial charge on any atom is -0.392 e. The van der Waals surface area contributed by atoms with Gasteiger partial charge in [0.2, 0.25) is 3.79 Å². The van der Waals surface area contributed by atoms with Gasteiger partial charge in [-0.1, -0.05) is 58.5 Å². The molecule has 2 saturated carbocycles. The fourth-order valence-electron chi connectivity index (χ4n) is 3.16. The van der Waals surface area contributed by atoms with Crippen molar-refractivity contribution in [1.82, 2.24) is 0 Å². The standard InChI is InChI=1S/C13H17Cl4NO/c1-2-12-5-3-9(8-12)7-11(12)18-19-6-4-10(14)13(15,16)17/h4,9H,2-3,5-8H2,1H3/b10-4?,18-11-. The van der Waals surface area contributed by atoms with E-state index in [9.17, 15) is 0 Å². The normalized spacial score (nSPS) is 33.2. The van der Waals surface area contributed by atoms with Gasteiger partial charge in [0.05, 0.1) is 10.7 Å². The SMILES string of the molecule is CCC12CCC(C/C1=N/OCC=C(Cl)C(Cl)(Cl)Cl)C2. The van der Waals surface area contributed by atoms with Gasteiger partial charge in [-0.25, -0.2) is 0 Å². The average Bonchev–Trinajstić information content (AvgIpc) is 2.91. The molecule has 0 saturated heterocycles. The fourth-order valence-corrected chi connectivity index (χ4v) is 3.46. The van der Waals surface area contributed by atoms with Crippen LogP contribution in [0.3, 0.4) is 0 Å². The monoisotopic (exact) mass is 343 g/mol. The molecule has 0 aliphatic heterocycles. The average molecular weight is 345 g/mol. The summed E-state index contributed by atoms with van der Waals surface area (Å²) in [5.41, 5.74) is 1.48. The van der Waals surface area contributed by atoms with Crippen LogP contribution in [0.25, 0.3) is 0 Å². The molecule has 2 aliphatic rings. The maximum Gasteiger partial charge on any atom is 0.226 e. The van der Waals surface area contributed by atoms with E-state index in [2.05, 4.69) is 12.1 Å². The van der Waals surface area contributed by atoms with Crippen molar-refractivity contribution < 1.29 is 4.84 Å². The molecule has 2 atom stereocenters. The van der Waals surface area contributed by atoms with E-state index in [0.717, 1.165) is 18.8 Å². The van der Waals surface area contributed by atoms with Crippen molar-refractivity contribution in [2.24, 2.45) is 16.5 Å². The summed E-state index contributed by atoms with van der Waals surface area (Å²) in [4.78, 5) is 5.31. The Hall–Kier alpha value is 0.370. The maximum absolute atomic E-state index is 5.81. The Labute approximate surface area is 134 Å². The predicted octanol–water partition coefficient (Wildman–Crippen LogP) is 5.45. The first kappa shape index (κ1) is 15.8. The number of hydrogen-bond donors (Lipinski definition) is 0. The van der Waals surface area contributed by atoms with Gasteiger partial charge < -0.3 is 4.84 Å². The first-order valence-electron chi connectivity index (χ1n) is 6.49. The smallest absolute Gasteiger partial charge is 0.226 e. The molecule has 0 aromatic carbocycles. The van der Waals surface area contributed by atoms with Gasteiger partial charge in [-0.3, -0.25) is 0 Å². The van der Waals surface area contributed by atoms with Gasteiger partial charge in [0.1, 0.15) is 6.61 Å². The zero-order valence-electron chi connectivity index (χ0n) is 10.8. The van der Waals surface area contributed by atoms with E-state index < -0.39 is 3.79 Å². The van der Waals surface area contributed by atoms with Crippen LogP contribution >= 0.6 is 46.4 Å². The summed E-state index contributed by atoms with van der Waals surface area (Å²) < 4.78 is -1.59. The van der Waals surface area contributed by atoms with E-state index in [4.69, 9.17) is 51.2 Å². The Kier molecular flexibility index (Phi) is 4.98. The van der Waals surface area contributed by atoms with E-state index in [1.807, 2.05) is 0 Å². The lowest BCUT2D eigenvalue weighted by molar-refractivity contribution is 0.168. The quantitative estimate of drug-likeness (QED) is 0.377. The molecule has 0 radical (unpaired) electrons. The van der Waals surface area contributed by atoms with Crippen molar-refractivity contribution in [3.63, 3.8) is 0 Å². The second-order valence-corrected chi connectivity index (χ2v) is 8.02. The number of halogens is 4. The third kappa shape index (κ3) is 3.53. The van der Waals surface area contributed by atoms with Crippen molar-refractivity contribution >= 4 is 52.1 Å². The van der Waals surface area contributed by atoms with Crippen LogP contribution < -0.4 is 0 Å². The van der Waals surface area contributed by atoms with E-state index in [1.54, 1.807) is 0 Å². The summed E-state index contributed by atoms with van der Waals surface area (Å²) in [6.07, 6.45) is 7.56. The van der Waals surface area contributed by atoms with Crippen LogP contribution in [0, 0.1) is 11.3 Å². The van der Waals surface area contributed by atoms with Gasteiger partial charge in [0, 0.05) is 5.41 Å². The Balaban J connectivity index is 1.91. The Morgan fingerprint density at radius 3 is 2.84 bits per heavy atom. The van der Waals surface area contributed by atoms with Crippen molar-refractivity contribution in [2.75, 3.05) is 6.61 Å². The Morgan fingerprint density at radius 1 is 1.53 bits per heavy atom. The number of allylic oxidation sites excluding steroid dienone is 1. The zero-order valence-corrected chi connectivity index (χ0v) is 13.8. The third-order valence-electron chi connectivity index (χ3n) is 4.26. The van der Waals surface area contributed by atoms with Crippen LogP contribution in [0.1, 0.15) is 39.0 Å². The lowest BCUT2D eigenvalue weighted by Crippen LogP contribution is -2.24. The van der Waals surface area contributed by atoms with Crippen LogP contribution in [-0.2, 0) is 4.84 Å². The van der Waals surface area contributed by atoms with Crippen LogP contribution in [0.4, 0.5) is 0 Å². The number of alkyl halides is 3. The largest absolute Gasteiger partial charge is 0.392 e. The number of hydrogen-bond acceptors (Lipinski definition) is 2. The summed E-state index contributed by atoms with van der Waals surface area (Å²) in [5.74, 6) is 0.794. The highest BCUT2D eigenvalue weighted by molar-refractivity contribution is 6.72. The molecule has 0 aromatic heterocycles. The molecular weight excluding hydrogens is 328 g/mol. The summed E-state index contributed by atoms with van der Waals surface area (Å²) >= 11 is 22.7. The first-order chi connectivity index (χ1) is 8.87. The number of oxime groups is 1. The topological polar surface area (TPSA) is 21.6 Å². The molecule has 2 unspecified atom stereocenters. The summed E-state index contributed by atoms with van der Waals surface area (Å²) in [6, 6.07) is 0. The molecule has 6 heteroatoms. The van der Waals surface area contributed by atoms with Gasteiger partial charge >= 0.3 is 0 Å². The first-order valence-corrected chi connectivity index (χ1v) is 8.01. The minimum atomic E-state index is -1.59. The number of nitrogens with zero attached hydrogens (tertiary/aromatic N) is 1. The highest BCUT2D eigenvalue weighted by atomic mass is 35.6. The highest BCUT2D eigenvalue weighted by Gasteiger charge is 2.48. The van der Waals surface area contributed by atoms with Gasteiger partial charge in [0.15, 0.2) is 0 Å². The molecule has 2 nitrogen and oxygen atoms in total. The van der Waals surface area contributed by atoms with Crippen molar-refractivity contribution in [2.45, 2.75) is 42.8 Å². The highest BCUT2D eigenvalue weighted by Crippen LogP contribution is 2.54. The molecule has 0 spiro atoms. The van der Waals surface area contributed by atoms with Gasteiger partial charge in [-0.15, -0.1) is 0 Å². The van der Waals surface area contributed by atoms with Crippen LogP contribution in [0.5, 0.6) is 0 Å². The molecule has 0 amide bonds.